The Kier molecular flexibility index (Phi) is 10.6. The summed E-state index contributed by atoms with van der Waals surface area (Å²) in [7, 11) is 0. The molecule has 3 heteroatoms. The summed E-state index contributed by atoms with van der Waals surface area (Å²) in [4.78, 5) is 0. The quantitative estimate of drug-likeness (QED) is 0.303. The first-order valence-corrected chi connectivity index (χ1v) is 19.4. The van der Waals surface area contributed by atoms with Gasteiger partial charge < -0.3 is 24.8 Å². The molecule has 0 bridgehead atoms. The fraction of sp³-hybridized carbons (Fsp3) is 0.425. The van der Waals surface area contributed by atoms with Crippen LogP contribution in [-0.4, -0.2) is 3.71 Å². The predicted octanol–water partition coefficient (Wildman–Crippen LogP) is 4.16. The van der Waals surface area contributed by atoms with Crippen molar-refractivity contribution in [3.8, 4) is 11.1 Å². The summed E-state index contributed by atoms with van der Waals surface area (Å²) >= 11 is -2.60. The minimum atomic E-state index is -2.60. The summed E-state index contributed by atoms with van der Waals surface area (Å²) in [5.74, 6) is 0.486. The molecular formula is C40H50Cl2Zr. The van der Waals surface area contributed by atoms with Crippen molar-refractivity contribution in [3.63, 3.8) is 0 Å². The van der Waals surface area contributed by atoms with E-state index in [-0.39, 0.29) is 41.1 Å². The van der Waals surface area contributed by atoms with Gasteiger partial charge in [0.05, 0.1) is 0 Å². The molecule has 0 aromatic heterocycles. The molecule has 1 atom stereocenters. The van der Waals surface area contributed by atoms with Crippen molar-refractivity contribution in [2.45, 2.75) is 100 Å². The first kappa shape index (κ1) is 35.9. The van der Waals surface area contributed by atoms with Crippen LogP contribution in [0.4, 0.5) is 0 Å². The molecule has 43 heavy (non-hydrogen) atoms. The summed E-state index contributed by atoms with van der Waals surface area (Å²) in [5.41, 5.74) is 15.3. The molecule has 3 aromatic rings. The van der Waals surface area contributed by atoms with E-state index in [4.69, 9.17) is 0 Å². The van der Waals surface area contributed by atoms with Crippen LogP contribution in [0.1, 0.15) is 110 Å². The van der Waals surface area contributed by atoms with Crippen molar-refractivity contribution >= 4 is 6.98 Å². The molecule has 0 heterocycles. The van der Waals surface area contributed by atoms with E-state index in [0.29, 0.717) is 5.92 Å². The van der Waals surface area contributed by atoms with Gasteiger partial charge in [-0.2, -0.15) is 0 Å². The SMILES string of the molecule is CC1=[C](/[Zr+2](=[CH]/c2ccc(C)cc2)[c]2c(C(C)(C)C)ccc3c2Cc2cc(C(C)(C)C)ccc2-3)C(C)C=C1C(C)(C)C.[Cl-].[Cl-]. The van der Waals surface area contributed by atoms with Gasteiger partial charge >= 0.3 is 260 Å². The summed E-state index contributed by atoms with van der Waals surface area (Å²) in [6.07, 6.45) is 3.65. The Morgan fingerprint density at radius 3 is 1.86 bits per heavy atom. The van der Waals surface area contributed by atoms with Crippen LogP contribution in [-0.2, 0) is 38.5 Å². The molecule has 0 N–H and O–H groups in total. The van der Waals surface area contributed by atoms with Crippen LogP contribution in [0.5, 0.6) is 0 Å². The Bertz CT molecular complexity index is 1610. The number of rotatable bonds is 3. The third-order valence-electron chi connectivity index (χ3n) is 9.19. The molecule has 0 radical (unpaired) electrons. The maximum absolute atomic E-state index is 2.77. The van der Waals surface area contributed by atoms with E-state index in [9.17, 15) is 0 Å². The van der Waals surface area contributed by atoms with Gasteiger partial charge in [-0.15, -0.1) is 0 Å². The first-order chi connectivity index (χ1) is 19.0. The monoisotopic (exact) mass is 690 g/mol. The maximum atomic E-state index is 2.77. The molecule has 0 amide bonds. The number of hydrogen-bond acceptors (Lipinski definition) is 0. The second-order valence-corrected chi connectivity index (χ2v) is 21.0. The molecule has 0 fully saturated rings. The number of hydrogen-bond donors (Lipinski definition) is 0. The summed E-state index contributed by atoms with van der Waals surface area (Å²) < 4.78 is 6.27. The van der Waals surface area contributed by atoms with E-state index >= 15 is 0 Å². The van der Waals surface area contributed by atoms with Crippen molar-refractivity contribution < 1.29 is 46.1 Å². The molecule has 2 aliphatic rings. The summed E-state index contributed by atoms with van der Waals surface area (Å²) in [6.45, 7) is 28.5. The molecule has 0 nitrogen and oxygen atoms in total. The van der Waals surface area contributed by atoms with Gasteiger partial charge in [-0.3, -0.25) is 0 Å². The van der Waals surface area contributed by atoms with E-state index in [0.717, 1.165) is 6.42 Å². The number of allylic oxidation sites excluding steroid dienone is 4. The zero-order valence-electron chi connectivity index (χ0n) is 28.4. The smallest absolute Gasteiger partial charge is 1.00 e. The van der Waals surface area contributed by atoms with Crippen molar-refractivity contribution in [3.05, 3.63) is 108 Å². The number of fused-ring (bicyclic) bond motifs is 3. The Hall–Kier alpha value is -1.53. The number of halogens is 2. The molecule has 1 unspecified atom stereocenters. The van der Waals surface area contributed by atoms with Gasteiger partial charge in [-0.05, 0) is 0 Å². The Morgan fingerprint density at radius 1 is 0.721 bits per heavy atom. The molecule has 3 aromatic carbocycles. The molecular weight excluding hydrogens is 643 g/mol. The van der Waals surface area contributed by atoms with E-state index in [1.807, 2.05) is 0 Å². The van der Waals surface area contributed by atoms with E-state index < -0.39 is 21.3 Å². The molecule has 0 aliphatic heterocycles. The van der Waals surface area contributed by atoms with Crippen molar-refractivity contribution in [2.24, 2.45) is 11.3 Å². The summed E-state index contributed by atoms with van der Waals surface area (Å²) in [5, 5.41) is 0. The molecule has 228 valence electrons. The first-order valence-electron chi connectivity index (χ1n) is 15.5. The zero-order chi connectivity index (χ0) is 30.1. The van der Waals surface area contributed by atoms with Crippen LogP contribution < -0.4 is 28.1 Å². The number of benzene rings is 3. The standard InChI is InChI=1S/C21H25.C11H17.C8H8.2ClH.Zr/c1-20(2,3)16-7-9-18-14(12-16)11-15-13-17(21(4,5)6)8-10-19(15)18;1-8-6-9(2)10(7-8)11(3,4)5;1-7-3-5-8(2)6-4-7;;;/h7-10,12H,11H2,1-6H3;7-8H,1-5H3;1,3-6H,2H3;2*1H;/q;;;;;+2/p-2. The Balaban J connectivity index is 0.00000253. The van der Waals surface area contributed by atoms with Crippen molar-refractivity contribution in [1.82, 2.24) is 0 Å². The van der Waals surface area contributed by atoms with Gasteiger partial charge in [0.15, 0.2) is 0 Å². The van der Waals surface area contributed by atoms with Crippen LogP contribution >= 0.6 is 0 Å². The Labute approximate surface area is 282 Å². The van der Waals surface area contributed by atoms with Crippen molar-refractivity contribution in [1.29, 1.82) is 0 Å². The van der Waals surface area contributed by atoms with E-state index in [2.05, 4.69) is 147 Å². The molecule has 0 spiro atoms. The summed E-state index contributed by atoms with van der Waals surface area (Å²) in [6, 6.07) is 21.5. The van der Waals surface area contributed by atoms with Gasteiger partial charge in [0.25, 0.3) is 0 Å². The maximum Gasteiger partial charge on any atom is -1.00 e. The third-order valence-corrected chi connectivity index (χ3v) is 16.9. The second-order valence-electron chi connectivity index (χ2n) is 15.7. The van der Waals surface area contributed by atoms with Gasteiger partial charge in [-0.25, -0.2) is 0 Å². The number of aryl methyl sites for hydroxylation is 1. The third kappa shape index (κ3) is 7.01. The van der Waals surface area contributed by atoms with Crippen LogP contribution in [0.15, 0.2) is 75.1 Å². The van der Waals surface area contributed by atoms with Crippen LogP contribution in [0, 0.1) is 18.3 Å². The molecule has 2 aliphatic carbocycles. The van der Waals surface area contributed by atoms with Gasteiger partial charge in [0.1, 0.15) is 0 Å². The van der Waals surface area contributed by atoms with Crippen LogP contribution in [0.2, 0.25) is 0 Å². The molecule has 0 saturated carbocycles. The van der Waals surface area contributed by atoms with Crippen molar-refractivity contribution in [2.75, 3.05) is 0 Å². The molecule has 5 rings (SSSR count). The largest absolute Gasteiger partial charge is 1.00 e. The van der Waals surface area contributed by atoms with Gasteiger partial charge in [0, 0.05) is 0 Å². The second kappa shape index (κ2) is 12.7. The average Bonchev–Trinajstić information content (AvgIpc) is 3.38. The normalized spacial score (nSPS) is 16.4. The van der Waals surface area contributed by atoms with E-state index in [1.54, 1.807) is 28.8 Å². The van der Waals surface area contributed by atoms with Crippen LogP contribution in [0.3, 0.4) is 0 Å². The van der Waals surface area contributed by atoms with E-state index in [1.165, 1.54) is 33.4 Å². The predicted molar refractivity (Wildman–Crippen MR) is 177 cm³/mol. The zero-order valence-corrected chi connectivity index (χ0v) is 32.4. The fourth-order valence-corrected chi connectivity index (χ4v) is 15.6. The van der Waals surface area contributed by atoms with Gasteiger partial charge in [-0.1, -0.05) is 0 Å². The molecule has 0 saturated heterocycles. The fourth-order valence-electron chi connectivity index (χ4n) is 6.99. The minimum Gasteiger partial charge on any atom is -1.00 e. The van der Waals surface area contributed by atoms with Gasteiger partial charge in [0.2, 0.25) is 0 Å². The topological polar surface area (TPSA) is 0 Å². The Morgan fingerprint density at radius 2 is 1.33 bits per heavy atom. The van der Waals surface area contributed by atoms with Crippen LogP contribution in [0.25, 0.3) is 11.1 Å². The average molecular weight is 693 g/mol. The minimum absolute atomic E-state index is 0.